The summed E-state index contributed by atoms with van der Waals surface area (Å²) < 4.78 is 10.2. The lowest BCUT2D eigenvalue weighted by molar-refractivity contribution is -0.137. The van der Waals surface area contributed by atoms with Gasteiger partial charge < -0.3 is 14.4 Å². The Morgan fingerprint density at radius 1 is 1.37 bits per heavy atom. The predicted octanol–water partition coefficient (Wildman–Crippen LogP) is 2.51. The molecule has 0 N–H and O–H groups in total. The first-order chi connectivity index (χ1) is 8.83. The molecular weight excluding hydrogens is 246 g/mol. The summed E-state index contributed by atoms with van der Waals surface area (Å²) in [5, 5.41) is 0. The molecule has 1 amide bonds. The molecule has 1 rings (SSSR count). The summed E-state index contributed by atoms with van der Waals surface area (Å²) in [6, 6.07) is -0.0840. The van der Waals surface area contributed by atoms with Crippen LogP contribution in [0.1, 0.15) is 40.5 Å². The molecule has 1 heterocycles. The van der Waals surface area contributed by atoms with Gasteiger partial charge in [-0.2, -0.15) is 0 Å². The number of carbonyl (C=O) groups excluding carboxylic acids is 2. The third-order valence-corrected chi connectivity index (χ3v) is 2.67. The fourth-order valence-corrected chi connectivity index (χ4v) is 1.92. The largest absolute Gasteiger partial charge is 0.463 e. The third kappa shape index (κ3) is 5.32. The van der Waals surface area contributed by atoms with Crippen LogP contribution in [0.3, 0.4) is 0 Å². The molecular formula is C14H23NO4. The number of amides is 1. The second kappa shape index (κ2) is 6.59. The molecule has 1 aliphatic rings. The summed E-state index contributed by atoms with van der Waals surface area (Å²) in [5.74, 6) is -0.376. The van der Waals surface area contributed by atoms with Crippen LogP contribution in [-0.4, -0.2) is 41.8 Å². The molecule has 0 spiro atoms. The van der Waals surface area contributed by atoms with Crippen LogP contribution in [-0.2, 0) is 14.3 Å². The summed E-state index contributed by atoms with van der Waals surface area (Å²) in [6.07, 6.45) is 4.53. The van der Waals surface area contributed by atoms with E-state index in [1.165, 1.54) is 6.08 Å². The highest BCUT2D eigenvalue weighted by Gasteiger charge is 2.30. The van der Waals surface area contributed by atoms with E-state index in [9.17, 15) is 9.59 Å². The van der Waals surface area contributed by atoms with Crippen molar-refractivity contribution in [2.75, 3.05) is 13.2 Å². The molecule has 0 aromatic carbocycles. The Hall–Kier alpha value is -1.52. The number of hydrogen-bond acceptors (Lipinski definition) is 4. The van der Waals surface area contributed by atoms with E-state index >= 15 is 0 Å². The molecule has 108 valence electrons. The number of ether oxygens (including phenoxy) is 2. The van der Waals surface area contributed by atoms with E-state index in [-0.39, 0.29) is 18.1 Å². The number of rotatable bonds is 3. The van der Waals surface area contributed by atoms with Gasteiger partial charge in [-0.1, -0.05) is 6.08 Å². The van der Waals surface area contributed by atoms with Gasteiger partial charge in [0.2, 0.25) is 0 Å². The Bertz CT molecular complexity index is 357. The highest BCUT2D eigenvalue weighted by molar-refractivity contribution is 5.82. The van der Waals surface area contributed by atoms with Gasteiger partial charge in [-0.25, -0.2) is 9.59 Å². The van der Waals surface area contributed by atoms with Gasteiger partial charge in [0.15, 0.2) is 0 Å². The molecule has 1 fully saturated rings. The zero-order valence-electron chi connectivity index (χ0n) is 12.1. The maximum atomic E-state index is 12.0. The monoisotopic (exact) mass is 269 g/mol. The molecule has 0 unspecified atom stereocenters. The van der Waals surface area contributed by atoms with Crippen molar-refractivity contribution in [2.24, 2.45) is 0 Å². The molecule has 0 aliphatic carbocycles. The van der Waals surface area contributed by atoms with E-state index in [2.05, 4.69) is 0 Å². The zero-order valence-corrected chi connectivity index (χ0v) is 12.1. The third-order valence-electron chi connectivity index (χ3n) is 2.67. The lowest BCUT2D eigenvalue weighted by Crippen LogP contribution is -2.39. The minimum absolute atomic E-state index is 0.0840. The van der Waals surface area contributed by atoms with Gasteiger partial charge in [-0.05, 0) is 40.5 Å². The maximum absolute atomic E-state index is 12.0. The van der Waals surface area contributed by atoms with E-state index in [1.807, 2.05) is 20.8 Å². The van der Waals surface area contributed by atoms with E-state index in [1.54, 1.807) is 17.9 Å². The average Bonchev–Trinajstić information content (AvgIpc) is 2.72. The number of carbonyl (C=O) groups is 2. The normalized spacial score (nSPS) is 19.8. The predicted molar refractivity (Wildman–Crippen MR) is 71.7 cm³/mol. The van der Waals surface area contributed by atoms with Gasteiger partial charge in [0.05, 0.1) is 12.6 Å². The van der Waals surface area contributed by atoms with E-state index in [0.29, 0.717) is 13.2 Å². The van der Waals surface area contributed by atoms with Gasteiger partial charge in [-0.3, -0.25) is 0 Å². The van der Waals surface area contributed by atoms with Crippen molar-refractivity contribution in [1.29, 1.82) is 0 Å². The van der Waals surface area contributed by atoms with Crippen LogP contribution >= 0.6 is 0 Å². The first-order valence-electron chi connectivity index (χ1n) is 6.68. The van der Waals surface area contributed by atoms with E-state index in [0.717, 1.165) is 12.8 Å². The van der Waals surface area contributed by atoms with Crippen molar-refractivity contribution in [3.63, 3.8) is 0 Å². The van der Waals surface area contributed by atoms with Crippen molar-refractivity contribution in [2.45, 2.75) is 52.2 Å². The topological polar surface area (TPSA) is 55.8 Å². The van der Waals surface area contributed by atoms with Crippen LogP contribution in [0, 0.1) is 0 Å². The van der Waals surface area contributed by atoms with Crippen molar-refractivity contribution >= 4 is 12.1 Å². The van der Waals surface area contributed by atoms with Crippen molar-refractivity contribution in [3.05, 3.63) is 12.2 Å². The number of esters is 1. The lowest BCUT2D eigenvalue weighted by Gasteiger charge is -2.27. The highest BCUT2D eigenvalue weighted by Crippen LogP contribution is 2.21. The molecule has 5 heteroatoms. The number of nitrogens with zero attached hydrogens (tertiary/aromatic N) is 1. The van der Waals surface area contributed by atoms with Crippen molar-refractivity contribution < 1.29 is 19.1 Å². The van der Waals surface area contributed by atoms with Crippen molar-refractivity contribution in [1.82, 2.24) is 4.90 Å². The second-order valence-corrected chi connectivity index (χ2v) is 5.49. The fourth-order valence-electron chi connectivity index (χ4n) is 1.92. The molecule has 5 nitrogen and oxygen atoms in total. The van der Waals surface area contributed by atoms with Gasteiger partial charge in [0, 0.05) is 12.6 Å². The summed E-state index contributed by atoms with van der Waals surface area (Å²) in [7, 11) is 0. The quantitative estimate of drug-likeness (QED) is 0.583. The summed E-state index contributed by atoms with van der Waals surface area (Å²) in [5.41, 5.74) is -0.505. The maximum Gasteiger partial charge on any atom is 0.410 e. The molecule has 19 heavy (non-hydrogen) atoms. The number of likely N-dealkylation sites (tertiary alicyclic amines) is 1. The summed E-state index contributed by atoms with van der Waals surface area (Å²) in [6.45, 7) is 8.28. The zero-order chi connectivity index (χ0) is 14.5. The van der Waals surface area contributed by atoms with Crippen LogP contribution in [0.15, 0.2) is 12.2 Å². The van der Waals surface area contributed by atoms with E-state index in [4.69, 9.17) is 9.47 Å². The van der Waals surface area contributed by atoms with Crippen LogP contribution in [0.5, 0.6) is 0 Å². The Labute approximate surface area is 114 Å². The Balaban J connectivity index is 2.59. The highest BCUT2D eigenvalue weighted by atomic mass is 16.6. The van der Waals surface area contributed by atoms with Crippen molar-refractivity contribution in [3.8, 4) is 0 Å². The standard InChI is InChI=1S/C14H23NO4/c1-5-18-12(16)9-8-11-7-6-10-15(11)13(17)19-14(2,3)4/h8-9,11H,5-7,10H2,1-4H3/t11-/m1/s1. The SMILES string of the molecule is CCOC(=O)C=C[C@H]1CCCN1C(=O)OC(C)(C)C. The Morgan fingerprint density at radius 3 is 2.63 bits per heavy atom. The van der Waals surface area contributed by atoms with Gasteiger partial charge in [0.25, 0.3) is 0 Å². The molecule has 1 atom stereocenters. The van der Waals surface area contributed by atoms with E-state index < -0.39 is 5.60 Å². The fraction of sp³-hybridized carbons (Fsp3) is 0.714. The average molecular weight is 269 g/mol. The lowest BCUT2D eigenvalue weighted by atomic mass is 10.2. The molecule has 0 aromatic rings. The molecule has 1 saturated heterocycles. The second-order valence-electron chi connectivity index (χ2n) is 5.49. The molecule has 0 bridgehead atoms. The Kier molecular flexibility index (Phi) is 5.39. The molecule has 0 aromatic heterocycles. The van der Waals surface area contributed by atoms with Gasteiger partial charge >= 0.3 is 12.1 Å². The molecule has 1 aliphatic heterocycles. The first-order valence-corrected chi connectivity index (χ1v) is 6.68. The molecule has 0 radical (unpaired) electrons. The smallest absolute Gasteiger partial charge is 0.410 e. The van der Waals surface area contributed by atoms with Crippen LogP contribution < -0.4 is 0 Å². The van der Waals surface area contributed by atoms with Gasteiger partial charge in [0.1, 0.15) is 5.60 Å². The molecule has 0 saturated carbocycles. The Morgan fingerprint density at radius 2 is 2.05 bits per heavy atom. The first kappa shape index (κ1) is 15.5. The van der Waals surface area contributed by atoms with Crippen LogP contribution in [0.2, 0.25) is 0 Å². The van der Waals surface area contributed by atoms with Crippen LogP contribution in [0.25, 0.3) is 0 Å². The summed E-state index contributed by atoms with van der Waals surface area (Å²) in [4.78, 5) is 24.9. The minimum atomic E-state index is -0.505. The summed E-state index contributed by atoms with van der Waals surface area (Å²) >= 11 is 0. The van der Waals surface area contributed by atoms with Crippen LogP contribution in [0.4, 0.5) is 4.79 Å². The van der Waals surface area contributed by atoms with Gasteiger partial charge in [-0.15, -0.1) is 0 Å². The minimum Gasteiger partial charge on any atom is -0.463 e. The number of hydrogen-bond donors (Lipinski definition) is 0.